The Hall–Kier alpha value is -2.33. The molecule has 7 heteroatoms. The molecule has 0 unspecified atom stereocenters. The molecule has 1 aromatic carbocycles. The largest absolute Gasteiger partial charge is 0.263 e. The van der Waals surface area contributed by atoms with Gasteiger partial charge in [0.25, 0.3) is 10.0 Å². The Bertz CT molecular complexity index is 801. The highest BCUT2D eigenvalue weighted by Crippen LogP contribution is 2.22. The Morgan fingerprint density at radius 1 is 1.36 bits per heavy atom. The van der Waals surface area contributed by atoms with Crippen LogP contribution in [-0.4, -0.2) is 18.2 Å². The van der Waals surface area contributed by atoms with Crippen LogP contribution >= 0.6 is 0 Å². The van der Waals surface area contributed by atoms with Gasteiger partial charge in [0.2, 0.25) is 0 Å². The van der Waals surface area contributed by atoms with Crippen molar-refractivity contribution in [2.75, 3.05) is 4.72 Å². The summed E-state index contributed by atoms with van der Waals surface area (Å²) in [6, 6.07) is 8.70. The summed E-state index contributed by atoms with van der Waals surface area (Å²) in [7, 11) is -2.18. The molecule has 2 aromatic rings. The van der Waals surface area contributed by atoms with Gasteiger partial charge in [-0.15, -0.1) is 0 Å². The highest BCUT2D eigenvalue weighted by molar-refractivity contribution is 7.92. The second-order valence-electron chi connectivity index (χ2n) is 5.13. The molecule has 1 heterocycles. The number of sulfonamides is 1. The van der Waals surface area contributed by atoms with Crippen LogP contribution in [0.2, 0.25) is 0 Å². The van der Waals surface area contributed by atoms with E-state index in [1.54, 1.807) is 19.2 Å². The van der Waals surface area contributed by atoms with Crippen LogP contribution in [0.1, 0.15) is 37.3 Å². The first-order valence-corrected chi connectivity index (χ1v) is 8.42. The molecule has 2 rings (SSSR count). The number of hydrogen-bond acceptors (Lipinski definition) is 4. The average Bonchev–Trinajstić information content (AvgIpc) is 2.86. The van der Waals surface area contributed by atoms with Gasteiger partial charge in [0.05, 0.1) is 11.1 Å². The molecule has 0 spiro atoms. The maximum Gasteiger partial charge on any atom is 0.263 e. The number of nitrogens with one attached hydrogen (secondary N) is 1. The van der Waals surface area contributed by atoms with Gasteiger partial charge in [-0.3, -0.25) is 9.40 Å². The van der Waals surface area contributed by atoms with Crippen molar-refractivity contribution in [3.05, 3.63) is 41.6 Å². The number of nitrogens with zero attached hydrogens (tertiary/aromatic N) is 3. The fourth-order valence-electron chi connectivity index (χ4n) is 2.04. The number of rotatable bonds is 5. The zero-order valence-electron chi connectivity index (χ0n) is 12.7. The molecular formula is C15H18N4O2S. The van der Waals surface area contributed by atoms with Crippen molar-refractivity contribution < 1.29 is 8.42 Å². The van der Waals surface area contributed by atoms with Crippen LogP contribution in [0.15, 0.2) is 35.4 Å². The summed E-state index contributed by atoms with van der Waals surface area (Å²) in [5, 5.41) is 12.9. The standard InChI is InChI=1S/C15H18N4O2S/c1-4-11(2)12-5-7-14(8-6-12)22(20,21)18-15-13(9-16)10-17-19(15)3/h5-8,10-11,18H,4H2,1-3H3/t11-/m0/s1. The average molecular weight is 318 g/mol. The number of aryl methyl sites for hydroxylation is 1. The van der Waals surface area contributed by atoms with Crippen LogP contribution in [0.4, 0.5) is 5.82 Å². The van der Waals surface area contributed by atoms with Crippen molar-refractivity contribution in [2.24, 2.45) is 7.05 Å². The number of hydrogen-bond donors (Lipinski definition) is 1. The van der Waals surface area contributed by atoms with Crippen LogP contribution < -0.4 is 4.72 Å². The lowest BCUT2D eigenvalue weighted by atomic mass is 9.99. The Morgan fingerprint density at radius 2 is 2.00 bits per heavy atom. The Morgan fingerprint density at radius 3 is 2.55 bits per heavy atom. The molecular weight excluding hydrogens is 300 g/mol. The molecule has 0 aliphatic heterocycles. The van der Waals surface area contributed by atoms with Crippen LogP contribution in [0.25, 0.3) is 0 Å². The zero-order valence-corrected chi connectivity index (χ0v) is 13.6. The first-order chi connectivity index (χ1) is 10.4. The first-order valence-electron chi connectivity index (χ1n) is 6.94. The van der Waals surface area contributed by atoms with Crippen molar-refractivity contribution in [1.82, 2.24) is 9.78 Å². The fourth-order valence-corrected chi connectivity index (χ4v) is 3.15. The van der Waals surface area contributed by atoms with Crippen molar-refractivity contribution >= 4 is 15.8 Å². The smallest absolute Gasteiger partial charge is 0.262 e. The molecule has 6 nitrogen and oxygen atoms in total. The van der Waals surface area contributed by atoms with Gasteiger partial charge < -0.3 is 0 Å². The van der Waals surface area contributed by atoms with Crippen molar-refractivity contribution in [3.8, 4) is 6.07 Å². The van der Waals surface area contributed by atoms with Gasteiger partial charge in [0.15, 0.2) is 5.82 Å². The molecule has 0 aliphatic carbocycles. The molecule has 0 radical (unpaired) electrons. The summed E-state index contributed by atoms with van der Waals surface area (Å²) in [5.41, 5.74) is 1.28. The van der Waals surface area contributed by atoms with E-state index in [1.807, 2.05) is 18.2 Å². The third-order valence-corrected chi connectivity index (χ3v) is 5.02. The summed E-state index contributed by atoms with van der Waals surface area (Å²) in [6.07, 6.45) is 2.31. The predicted molar refractivity (Wildman–Crippen MR) is 83.9 cm³/mol. The molecule has 116 valence electrons. The van der Waals surface area contributed by atoms with E-state index in [1.165, 1.54) is 10.9 Å². The summed E-state index contributed by atoms with van der Waals surface area (Å²) < 4.78 is 28.6. The molecule has 1 aromatic heterocycles. The highest BCUT2D eigenvalue weighted by Gasteiger charge is 2.19. The number of anilines is 1. The lowest BCUT2D eigenvalue weighted by molar-refractivity contribution is 0.600. The molecule has 1 N–H and O–H groups in total. The second kappa shape index (κ2) is 6.20. The van der Waals surface area contributed by atoms with Gasteiger partial charge in [-0.1, -0.05) is 26.0 Å². The predicted octanol–water partition coefficient (Wildman–Crippen LogP) is 2.61. The van der Waals surface area contributed by atoms with Crippen molar-refractivity contribution in [1.29, 1.82) is 5.26 Å². The number of nitriles is 1. The molecule has 1 atom stereocenters. The van der Waals surface area contributed by atoms with E-state index in [0.717, 1.165) is 12.0 Å². The minimum absolute atomic E-state index is 0.157. The van der Waals surface area contributed by atoms with E-state index in [2.05, 4.69) is 23.7 Å². The Balaban J connectivity index is 2.31. The quantitative estimate of drug-likeness (QED) is 0.918. The fraction of sp³-hybridized carbons (Fsp3) is 0.333. The summed E-state index contributed by atoms with van der Waals surface area (Å²) in [5.74, 6) is 0.542. The van der Waals surface area contributed by atoms with Crippen LogP contribution in [-0.2, 0) is 17.1 Å². The molecule has 0 bridgehead atoms. The van der Waals surface area contributed by atoms with Gasteiger partial charge in [0, 0.05) is 7.05 Å². The molecule has 22 heavy (non-hydrogen) atoms. The van der Waals surface area contributed by atoms with Gasteiger partial charge in [-0.05, 0) is 30.0 Å². The zero-order chi connectivity index (χ0) is 16.3. The maximum atomic E-state index is 12.4. The van der Waals surface area contributed by atoms with Crippen LogP contribution in [0.5, 0.6) is 0 Å². The van der Waals surface area contributed by atoms with E-state index in [4.69, 9.17) is 5.26 Å². The topological polar surface area (TPSA) is 87.8 Å². The summed E-state index contributed by atoms with van der Waals surface area (Å²) in [6.45, 7) is 4.18. The third kappa shape index (κ3) is 3.12. The second-order valence-corrected chi connectivity index (χ2v) is 6.81. The molecule has 0 amide bonds. The number of aromatic nitrogens is 2. The monoisotopic (exact) mass is 318 g/mol. The first kappa shape index (κ1) is 16.0. The van der Waals surface area contributed by atoms with Crippen LogP contribution in [0.3, 0.4) is 0 Å². The van der Waals surface area contributed by atoms with Crippen molar-refractivity contribution in [3.63, 3.8) is 0 Å². The molecule has 0 saturated carbocycles. The van der Waals surface area contributed by atoms with Gasteiger partial charge in [-0.25, -0.2) is 8.42 Å². The lowest BCUT2D eigenvalue weighted by Gasteiger charge is -2.11. The van der Waals surface area contributed by atoms with Crippen molar-refractivity contribution in [2.45, 2.75) is 31.1 Å². The Labute approximate surface area is 130 Å². The van der Waals surface area contributed by atoms with E-state index in [-0.39, 0.29) is 16.3 Å². The van der Waals surface area contributed by atoms with E-state index in [9.17, 15) is 8.42 Å². The summed E-state index contributed by atoms with van der Waals surface area (Å²) in [4.78, 5) is 0.157. The minimum atomic E-state index is -3.75. The minimum Gasteiger partial charge on any atom is -0.262 e. The van der Waals surface area contributed by atoms with E-state index < -0.39 is 10.0 Å². The highest BCUT2D eigenvalue weighted by atomic mass is 32.2. The molecule has 0 fully saturated rings. The number of benzene rings is 1. The maximum absolute atomic E-state index is 12.4. The molecule has 0 aliphatic rings. The van der Waals surface area contributed by atoms with E-state index in [0.29, 0.717) is 5.92 Å². The van der Waals surface area contributed by atoms with Crippen LogP contribution in [0, 0.1) is 11.3 Å². The van der Waals surface area contributed by atoms with E-state index >= 15 is 0 Å². The van der Waals surface area contributed by atoms with Gasteiger partial charge in [-0.2, -0.15) is 10.4 Å². The van der Waals surface area contributed by atoms with Gasteiger partial charge in [0.1, 0.15) is 11.6 Å². The third-order valence-electron chi connectivity index (χ3n) is 3.66. The summed E-state index contributed by atoms with van der Waals surface area (Å²) >= 11 is 0. The van der Waals surface area contributed by atoms with Gasteiger partial charge >= 0.3 is 0 Å². The SMILES string of the molecule is CC[C@H](C)c1ccc(S(=O)(=O)Nc2c(C#N)cnn2C)cc1. The lowest BCUT2D eigenvalue weighted by Crippen LogP contribution is -2.16. The normalized spacial score (nSPS) is 12.6. The molecule has 0 saturated heterocycles. The Kier molecular flexibility index (Phi) is 4.52.